The van der Waals surface area contributed by atoms with Crippen molar-refractivity contribution in [3.63, 3.8) is 0 Å². The smallest absolute Gasteiger partial charge is 0.309 e. The predicted molar refractivity (Wildman–Crippen MR) is 139 cm³/mol. The van der Waals surface area contributed by atoms with E-state index >= 15 is 0 Å². The van der Waals surface area contributed by atoms with Crippen LogP contribution in [0.2, 0.25) is 0 Å². The molecule has 1 amide bonds. The molecule has 1 aliphatic heterocycles. The fourth-order valence-electron chi connectivity index (χ4n) is 4.75. The molecule has 2 N–H and O–H groups in total. The molecular weight excluding hydrogens is 477 g/mol. The lowest BCUT2D eigenvalue weighted by atomic mass is 10.1. The summed E-state index contributed by atoms with van der Waals surface area (Å²) in [5.41, 5.74) is 3.17. The number of hydrogen-bond acceptors (Lipinski definition) is 6. The highest BCUT2D eigenvalue weighted by Gasteiger charge is 2.19. The number of carbonyl (C=O) groups is 2. The molecule has 9 nitrogen and oxygen atoms in total. The number of anilines is 1. The van der Waals surface area contributed by atoms with Crippen molar-refractivity contribution < 1.29 is 19.1 Å². The van der Waals surface area contributed by atoms with Gasteiger partial charge in [0.1, 0.15) is 12.4 Å². The Morgan fingerprint density at radius 1 is 1.08 bits per heavy atom. The summed E-state index contributed by atoms with van der Waals surface area (Å²) >= 11 is 0. The number of aromatic nitrogens is 2. The van der Waals surface area contributed by atoms with Crippen LogP contribution in [0.3, 0.4) is 0 Å². The fourth-order valence-corrected chi connectivity index (χ4v) is 4.75. The van der Waals surface area contributed by atoms with Crippen LogP contribution in [0.25, 0.3) is 10.8 Å². The van der Waals surface area contributed by atoms with Crippen LogP contribution in [0.5, 0.6) is 0 Å². The quantitative estimate of drug-likeness (QED) is 0.426. The van der Waals surface area contributed by atoms with Gasteiger partial charge in [-0.25, -0.2) is 9.07 Å². The molecule has 0 aliphatic carbocycles. The molecular formula is C27H32FN5O4. The van der Waals surface area contributed by atoms with Gasteiger partial charge in [-0.3, -0.25) is 19.3 Å². The minimum Gasteiger partial charge on any atom is -0.481 e. The van der Waals surface area contributed by atoms with Crippen LogP contribution in [0.1, 0.15) is 23.2 Å². The highest BCUT2D eigenvalue weighted by molar-refractivity contribution is 5.87. The number of piperazine rings is 1. The van der Waals surface area contributed by atoms with Gasteiger partial charge in [-0.05, 0) is 50.1 Å². The monoisotopic (exact) mass is 509 g/mol. The van der Waals surface area contributed by atoms with Gasteiger partial charge in [-0.15, -0.1) is 0 Å². The molecule has 10 heteroatoms. The minimum atomic E-state index is -1.16. The van der Waals surface area contributed by atoms with E-state index < -0.39 is 36.2 Å². The molecule has 1 fully saturated rings. The SMILES string of the molecule is Cc1cccc(N2CCN(CCCNC(=O)Cn3nc(CC(=O)O)c4cccc(F)c4c3=O)CC2)c1C. The van der Waals surface area contributed by atoms with Crippen LogP contribution in [0, 0.1) is 19.7 Å². The van der Waals surface area contributed by atoms with Crippen molar-refractivity contribution >= 4 is 28.3 Å². The number of amides is 1. The van der Waals surface area contributed by atoms with Crippen molar-refractivity contribution in [3.05, 3.63) is 69.4 Å². The number of carboxylic acid groups (broad SMARTS) is 1. The Kier molecular flexibility index (Phi) is 8.17. The Morgan fingerprint density at radius 3 is 2.54 bits per heavy atom. The first kappa shape index (κ1) is 26.3. The summed E-state index contributed by atoms with van der Waals surface area (Å²) in [7, 11) is 0. The molecule has 1 aliphatic rings. The lowest BCUT2D eigenvalue weighted by Crippen LogP contribution is -2.47. The second kappa shape index (κ2) is 11.5. The highest BCUT2D eigenvalue weighted by atomic mass is 19.1. The number of fused-ring (bicyclic) bond motifs is 1. The number of benzene rings is 2. The molecule has 3 aromatic rings. The Morgan fingerprint density at radius 2 is 1.81 bits per heavy atom. The van der Waals surface area contributed by atoms with E-state index in [1.54, 1.807) is 0 Å². The predicted octanol–water partition coefficient (Wildman–Crippen LogP) is 2.11. The van der Waals surface area contributed by atoms with Crippen molar-refractivity contribution in [2.45, 2.75) is 33.2 Å². The van der Waals surface area contributed by atoms with Crippen molar-refractivity contribution in [3.8, 4) is 0 Å². The van der Waals surface area contributed by atoms with Gasteiger partial charge in [-0.2, -0.15) is 5.10 Å². The van der Waals surface area contributed by atoms with Gasteiger partial charge in [0.2, 0.25) is 5.91 Å². The third-order valence-corrected chi connectivity index (χ3v) is 6.89. The second-order valence-corrected chi connectivity index (χ2v) is 9.39. The number of aliphatic carboxylic acids is 1. The largest absolute Gasteiger partial charge is 0.481 e. The second-order valence-electron chi connectivity index (χ2n) is 9.39. The molecule has 0 atom stereocenters. The van der Waals surface area contributed by atoms with Gasteiger partial charge in [0.15, 0.2) is 0 Å². The molecule has 4 rings (SSSR count). The van der Waals surface area contributed by atoms with Gasteiger partial charge in [0.05, 0.1) is 17.5 Å². The van der Waals surface area contributed by atoms with Crippen LogP contribution in [-0.2, 0) is 22.6 Å². The maximum Gasteiger partial charge on any atom is 0.309 e. The average Bonchev–Trinajstić information content (AvgIpc) is 2.86. The molecule has 0 spiro atoms. The highest BCUT2D eigenvalue weighted by Crippen LogP contribution is 2.24. The lowest BCUT2D eigenvalue weighted by molar-refractivity contribution is -0.136. The normalized spacial score (nSPS) is 14.2. The summed E-state index contributed by atoms with van der Waals surface area (Å²) in [5.74, 6) is -2.38. The van der Waals surface area contributed by atoms with Crippen LogP contribution < -0.4 is 15.8 Å². The van der Waals surface area contributed by atoms with E-state index in [1.165, 1.54) is 28.9 Å². The topological polar surface area (TPSA) is 108 Å². The van der Waals surface area contributed by atoms with Gasteiger partial charge in [-0.1, -0.05) is 24.3 Å². The Balaban J connectivity index is 1.28. The third-order valence-electron chi connectivity index (χ3n) is 6.89. The molecule has 1 saturated heterocycles. The molecule has 2 aromatic carbocycles. The fraction of sp³-hybridized carbons (Fsp3) is 0.407. The van der Waals surface area contributed by atoms with E-state index in [1.807, 2.05) is 0 Å². The van der Waals surface area contributed by atoms with E-state index in [9.17, 15) is 23.9 Å². The molecule has 0 radical (unpaired) electrons. The molecule has 2 heterocycles. The Bertz CT molecular complexity index is 1360. The van der Waals surface area contributed by atoms with Gasteiger partial charge < -0.3 is 15.3 Å². The van der Waals surface area contributed by atoms with E-state index in [0.717, 1.165) is 49.9 Å². The number of rotatable bonds is 9. The molecule has 0 bridgehead atoms. The van der Waals surface area contributed by atoms with Crippen LogP contribution in [0.4, 0.5) is 10.1 Å². The number of halogens is 1. The first-order chi connectivity index (χ1) is 17.7. The maximum atomic E-state index is 14.4. The number of hydrogen-bond donors (Lipinski definition) is 2. The first-order valence-electron chi connectivity index (χ1n) is 12.4. The molecule has 196 valence electrons. The van der Waals surface area contributed by atoms with E-state index in [0.29, 0.717) is 6.54 Å². The van der Waals surface area contributed by atoms with Gasteiger partial charge >= 0.3 is 5.97 Å². The summed E-state index contributed by atoms with van der Waals surface area (Å²) in [5, 5.41) is 15.9. The summed E-state index contributed by atoms with van der Waals surface area (Å²) in [6.45, 7) is 8.91. The third kappa shape index (κ3) is 6.14. The van der Waals surface area contributed by atoms with E-state index in [4.69, 9.17) is 0 Å². The Labute approximate surface area is 214 Å². The summed E-state index contributed by atoms with van der Waals surface area (Å²) in [6.07, 6.45) is 0.257. The number of carboxylic acids is 1. The van der Waals surface area contributed by atoms with Gasteiger partial charge in [0.25, 0.3) is 5.56 Å². The standard InChI is InChI=1S/C27H32FN5O4/c1-18-6-3-9-23(19(18)2)32-14-12-31(13-15-32)11-5-10-29-24(34)17-33-27(37)26-20(7-4-8-21(26)28)22(30-33)16-25(35)36/h3-4,6-9H,5,10-17H2,1-2H3,(H,29,34)(H,35,36). The average molecular weight is 510 g/mol. The Hall–Kier alpha value is -3.79. The zero-order chi connectivity index (χ0) is 26.5. The van der Waals surface area contributed by atoms with Crippen molar-refractivity contribution in [1.82, 2.24) is 20.0 Å². The number of carbonyl (C=O) groups excluding carboxylic acids is 1. The summed E-state index contributed by atoms with van der Waals surface area (Å²) in [4.78, 5) is 41.2. The first-order valence-corrected chi connectivity index (χ1v) is 12.4. The molecule has 0 unspecified atom stereocenters. The lowest BCUT2D eigenvalue weighted by Gasteiger charge is -2.37. The van der Waals surface area contributed by atoms with E-state index in [-0.39, 0.29) is 16.5 Å². The molecule has 37 heavy (non-hydrogen) atoms. The number of nitrogens with zero attached hydrogens (tertiary/aromatic N) is 4. The maximum absolute atomic E-state index is 14.4. The van der Waals surface area contributed by atoms with Gasteiger partial charge in [0, 0.05) is 43.8 Å². The molecule has 0 saturated carbocycles. The van der Waals surface area contributed by atoms with Crippen LogP contribution in [0.15, 0.2) is 41.2 Å². The van der Waals surface area contributed by atoms with Crippen LogP contribution >= 0.6 is 0 Å². The van der Waals surface area contributed by atoms with Crippen LogP contribution in [-0.4, -0.2) is 70.9 Å². The summed E-state index contributed by atoms with van der Waals surface area (Å²) < 4.78 is 15.2. The zero-order valence-corrected chi connectivity index (χ0v) is 21.2. The number of aryl methyl sites for hydroxylation is 1. The minimum absolute atomic E-state index is 0.0365. The number of nitrogens with one attached hydrogen (secondary N) is 1. The zero-order valence-electron chi connectivity index (χ0n) is 21.2. The molecule has 1 aromatic heterocycles. The van der Waals surface area contributed by atoms with Crippen molar-refractivity contribution in [2.24, 2.45) is 0 Å². The van der Waals surface area contributed by atoms with Crippen molar-refractivity contribution in [2.75, 3.05) is 44.2 Å². The van der Waals surface area contributed by atoms with E-state index in [2.05, 4.69) is 52.3 Å². The summed E-state index contributed by atoms with van der Waals surface area (Å²) in [6, 6.07) is 10.4. The van der Waals surface area contributed by atoms with Crippen molar-refractivity contribution in [1.29, 1.82) is 0 Å².